The zero-order valence-corrected chi connectivity index (χ0v) is 14.8. The van der Waals surface area contributed by atoms with Gasteiger partial charge in [-0.25, -0.2) is 4.98 Å². The second-order valence-corrected chi connectivity index (χ2v) is 7.02. The van der Waals surface area contributed by atoms with Crippen LogP contribution in [-0.4, -0.2) is 37.3 Å². The Morgan fingerprint density at radius 2 is 2.08 bits per heavy atom. The Morgan fingerprint density at radius 3 is 2.84 bits per heavy atom. The number of fused-ring (bicyclic) bond motifs is 2. The molecule has 6 nitrogen and oxygen atoms in total. The number of hydrogen-bond donors (Lipinski definition) is 0. The maximum absolute atomic E-state index is 13.0. The van der Waals surface area contributed by atoms with Crippen LogP contribution in [0.5, 0.6) is 0 Å². The summed E-state index contributed by atoms with van der Waals surface area (Å²) in [4.78, 5) is 32.4. The highest BCUT2D eigenvalue weighted by atomic mass is 16.2. The molecule has 130 valence electrons. The fourth-order valence-electron chi connectivity index (χ4n) is 3.73. The molecule has 0 unspecified atom stereocenters. The van der Waals surface area contributed by atoms with E-state index >= 15 is 0 Å². The van der Waals surface area contributed by atoms with E-state index in [-0.39, 0.29) is 17.5 Å². The summed E-state index contributed by atoms with van der Waals surface area (Å²) in [5.41, 5.74) is 2.53. The van der Waals surface area contributed by atoms with Crippen molar-refractivity contribution < 1.29 is 4.79 Å². The molecular formula is C19H22N4O2. The molecule has 3 aromatic rings. The Morgan fingerprint density at radius 1 is 1.28 bits per heavy atom. The van der Waals surface area contributed by atoms with Gasteiger partial charge in [-0.2, -0.15) is 0 Å². The predicted molar refractivity (Wildman–Crippen MR) is 97.0 cm³/mol. The third-order valence-corrected chi connectivity index (χ3v) is 5.23. The molecule has 4 rings (SSSR count). The van der Waals surface area contributed by atoms with Gasteiger partial charge in [-0.15, -0.1) is 0 Å². The molecule has 0 spiro atoms. The Labute approximate surface area is 145 Å². The number of rotatable bonds is 1. The Hall–Kier alpha value is -2.63. The van der Waals surface area contributed by atoms with Gasteiger partial charge in [-0.1, -0.05) is 6.07 Å². The van der Waals surface area contributed by atoms with Crippen LogP contribution in [0.25, 0.3) is 16.7 Å². The molecule has 1 aliphatic rings. The monoisotopic (exact) mass is 338 g/mol. The topological polar surface area (TPSA) is 59.6 Å². The first kappa shape index (κ1) is 15.9. The van der Waals surface area contributed by atoms with Crippen LogP contribution < -0.4 is 5.56 Å². The molecule has 0 saturated carbocycles. The lowest BCUT2D eigenvalue weighted by atomic mass is 10.0. The Kier molecular flexibility index (Phi) is 3.63. The number of likely N-dealkylation sites (tertiary alicyclic amines) is 1. The third kappa shape index (κ3) is 2.44. The van der Waals surface area contributed by atoms with Crippen LogP contribution in [-0.2, 0) is 7.05 Å². The van der Waals surface area contributed by atoms with E-state index in [4.69, 9.17) is 0 Å². The summed E-state index contributed by atoms with van der Waals surface area (Å²) >= 11 is 0. The normalized spacial score (nSPS) is 18.2. The number of pyridine rings is 1. The number of aryl methyl sites for hydroxylation is 2. The van der Waals surface area contributed by atoms with Crippen LogP contribution in [0.1, 0.15) is 42.2 Å². The average Bonchev–Trinajstić information content (AvgIpc) is 2.93. The van der Waals surface area contributed by atoms with Gasteiger partial charge in [-0.3, -0.25) is 14.0 Å². The molecule has 4 heterocycles. The smallest absolute Gasteiger partial charge is 0.270 e. The van der Waals surface area contributed by atoms with E-state index < -0.39 is 0 Å². The second-order valence-electron chi connectivity index (χ2n) is 7.02. The third-order valence-electron chi connectivity index (χ3n) is 5.23. The molecule has 0 radical (unpaired) electrons. The van der Waals surface area contributed by atoms with E-state index in [1.54, 1.807) is 28.3 Å². The van der Waals surface area contributed by atoms with Crippen LogP contribution in [0.15, 0.2) is 29.2 Å². The number of carbonyl (C=O) groups excluding carboxylic acids is 1. The number of aromatic nitrogens is 3. The van der Waals surface area contributed by atoms with E-state index in [2.05, 4.69) is 11.9 Å². The fourth-order valence-corrected chi connectivity index (χ4v) is 3.73. The molecule has 1 fully saturated rings. The summed E-state index contributed by atoms with van der Waals surface area (Å²) < 4.78 is 3.30. The Bertz CT molecular complexity index is 1050. The lowest BCUT2D eigenvalue weighted by Crippen LogP contribution is -2.42. The first-order chi connectivity index (χ1) is 12.0. The van der Waals surface area contributed by atoms with Gasteiger partial charge in [-0.05, 0) is 50.8 Å². The van der Waals surface area contributed by atoms with E-state index in [1.807, 2.05) is 24.0 Å². The Balaban J connectivity index is 1.90. The van der Waals surface area contributed by atoms with Gasteiger partial charge >= 0.3 is 0 Å². The molecule has 1 amide bonds. The minimum Gasteiger partial charge on any atom is -0.335 e. The number of hydrogen-bond acceptors (Lipinski definition) is 3. The van der Waals surface area contributed by atoms with Crippen LogP contribution in [0.4, 0.5) is 0 Å². The van der Waals surface area contributed by atoms with Gasteiger partial charge in [0.05, 0.1) is 5.39 Å². The van der Waals surface area contributed by atoms with Gasteiger partial charge in [0.25, 0.3) is 11.5 Å². The number of carbonyl (C=O) groups is 1. The van der Waals surface area contributed by atoms with Crippen molar-refractivity contribution in [1.82, 2.24) is 18.9 Å². The van der Waals surface area contributed by atoms with Crippen molar-refractivity contribution in [2.45, 2.75) is 39.2 Å². The average molecular weight is 338 g/mol. The van der Waals surface area contributed by atoms with E-state index in [0.717, 1.165) is 31.4 Å². The predicted octanol–water partition coefficient (Wildman–Crippen LogP) is 2.51. The molecule has 0 N–H and O–H groups in total. The summed E-state index contributed by atoms with van der Waals surface area (Å²) in [6.45, 7) is 4.80. The van der Waals surface area contributed by atoms with Crippen LogP contribution >= 0.6 is 0 Å². The van der Waals surface area contributed by atoms with Crippen LogP contribution in [0, 0.1) is 6.92 Å². The van der Waals surface area contributed by atoms with E-state index in [9.17, 15) is 9.59 Å². The molecule has 1 saturated heterocycles. The zero-order chi connectivity index (χ0) is 17.7. The molecule has 0 aliphatic carbocycles. The molecule has 0 bridgehead atoms. The first-order valence-electron chi connectivity index (χ1n) is 8.77. The van der Waals surface area contributed by atoms with Crippen molar-refractivity contribution in [2.75, 3.05) is 6.54 Å². The van der Waals surface area contributed by atoms with E-state index in [0.29, 0.717) is 22.4 Å². The van der Waals surface area contributed by atoms with Gasteiger partial charge in [0.2, 0.25) is 0 Å². The number of nitrogens with zero attached hydrogens (tertiary/aromatic N) is 4. The lowest BCUT2D eigenvalue weighted by Gasteiger charge is -2.33. The summed E-state index contributed by atoms with van der Waals surface area (Å²) in [5, 5.41) is 0.485. The highest BCUT2D eigenvalue weighted by molar-refractivity contribution is 5.98. The molecule has 1 aliphatic heterocycles. The molecule has 3 aromatic heterocycles. The van der Waals surface area contributed by atoms with Crippen molar-refractivity contribution in [3.8, 4) is 0 Å². The standard InChI is InChI=1S/C19H22N4O2/c1-12-7-8-16-20-17-14(18(24)23(16)11-12)10-15(21(17)3)19(25)22-9-5-4-6-13(22)2/h7-8,10-11,13H,4-6,9H2,1-3H3/t13-/m1/s1. The summed E-state index contributed by atoms with van der Waals surface area (Å²) in [5.74, 6) is -0.0164. The van der Waals surface area contributed by atoms with Gasteiger partial charge in [0.1, 0.15) is 17.0 Å². The molecular weight excluding hydrogens is 316 g/mol. The summed E-state index contributed by atoms with van der Waals surface area (Å²) in [7, 11) is 1.81. The number of amides is 1. The minimum atomic E-state index is -0.134. The van der Waals surface area contributed by atoms with Crippen molar-refractivity contribution in [3.63, 3.8) is 0 Å². The molecule has 1 atom stereocenters. The van der Waals surface area contributed by atoms with Gasteiger partial charge in [0.15, 0.2) is 0 Å². The zero-order valence-electron chi connectivity index (χ0n) is 14.8. The highest BCUT2D eigenvalue weighted by Crippen LogP contribution is 2.22. The molecule has 6 heteroatoms. The van der Waals surface area contributed by atoms with Crippen molar-refractivity contribution in [1.29, 1.82) is 0 Å². The van der Waals surface area contributed by atoms with Crippen molar-refractivity contribution >= 4 is 22.6 Å². The summed E-state index contributed by atoms with van der Waals surface area (Å²) in [6, 6.07) is 5.69. The van der Waals surface area contributed by atoms with Crippen molar-refractivity contribution in [3.05, 3.63) is 46.0 Å². The van der Waals surface area contributed by atoms with Crippen LogP contribution in [0.2, 0.25) is 0 Å². The van der Waals surface area contributed by atoms with E-state index in [1.165, 1.54) is 0 Å². The maximum atomic E-state index is 13.0. The second kappa shape index (κ2) is 5.72. The quantitative estimate of drug-likeness (QED) is 0.685. The van der Waals surface area contributed by atoms with Crippen molar-refractivity contribution in [2.24, 2.45) is 7.05 Å². The largest absolute Gasteiger partial charge is 0.335 e. The SMILES string of the molecule is Cc1ccc2nc3c(cc(C(=O)N4CCCC[C@H]4C)n3C)c(=O)n2c1. The summed E-state index contributed by atoms with van der Waals surface area (Å²) in [6.07, 6.45) is 5.00. The fraction of sp³-hybridized carbons (Fsp3) is 0.421. The minimum absolute atomic E-state index is 0.0164. The maximum Gasteiger partial charge on any atom is 0.270 e. The van der Waals surface area contributed by atoms with Gasteiger partial charge in [0, 0.05) is 25.8 Å². The first-order valence-corrected chi connectivity index (χ1v) is 8.77. The number of piperidine rings is 1. The van der Waals surface area contributed by atoms with Gasteiger partial charge < -0.3 is 9.47 Å². The molecule has 25 heavy (non-hydrogen) atoms. The van der Waals surface area contributed by atoms with Crippen LogP contribution in [0.3, 0.4) is 0 Å². The molecule has 0 aromatic carbocycles. The highest BCUT2D eigenvalue weighted by Gasteiger charge is 2.27. The lowest BCUT2D eigenvalue weighted by molar-refractivity contribution is 0.0626.